The van der Waals surface area contributed by atoms with Crippen LogP contribution in [0.2, 0.25) is 10.2 Å². The molecule has 0 fully saturated rings. The number of carbonyl (C=O) groups is 1. The Kier molecular flexibility index (Phi) is 2.25. The minimum atomic E-state index is -0.205. The molecule has 74 valence electrons. The van der Waals surface area contributed by atoms with Crippen LogP contribution in [0.4, 0.5) is 10.6 Å². The number of urea groups is 1. The molecule has 2 heterocycles. The lowest BCUT2D eigenvalue weighted by atomic mass is 10.2. The van der Waals surface area contributed by atoms with Gasteiger partial charge in [0.2, 0.25) is 0 Å². The van der Waals surface area contributed by atoms with E-state index in [1.807, 2.05) is 0 Å². The molecule has 1 N–H and O–H groups in total. The highest BCUT2D eigenvalue weighted by Gasteiger charge is 2.22. The van der Waals surface area contributed by atoms with Gasteiger partial charge in [-0.1, -0.05) is 23.2 Å². The third-order valence-corrected chi connectivity index (χ3v) is 2.54. The quantitative estimate of drug-likeness (QED) is 0.698. The summed E-state index contributed by atoms with van der Waals surface area (Å²) in [6.45, 7) is 0.449. The van der Waals surface area contributed by atoms with E-state index in [0.717, 1.165) is 5.56 Å². The number of hydrogen-bond acceptors (Lipinski definition) is 2. The average molecular weight is 232 g/mol. The first-order chi connectivity index (χ1) is 6.58. The molecule has 0 spiro atoms. The Balaban J connectivity index is 2.51. The van der Waals surface area contributed by atoms with Crippen molar-refractivity contribution in [3.05, 3.63) is 21.8 Å². The van der Waals surface area contributed by atoms with Gasteiger partial charge in [0.25, 0.3) is 0 Å². The van der Waals surface area contributed by atoms with E-state index >= 15 is 0 Å². The highest BCUT2D eigenvalue weighted by molar-refractivity contribution is 6.35. The number of anilines is 1. The summed E-state index contributed by atoms with van der Waals surface area (Å²) >= 11 is 11.7. The van der Waals surface area contributed by atoms with Gasteiger partial charge in [0, 0.05) is 12.6 Å². The number of rotatable bonds is 0. The highest BCUT2D eigenvalue weighted by atomic mass is 35.5. The van der Waals surface area contributed by atoms with Crippen LogP contribution in [0.5, 0.6) is 0 Å². The fourth-order valence-corrected chi connectivity index (χ4v) is 1.77. The molecule has 1 aromatic rings. The van der Waals surface area contributed by atoms with E-state index in [2.05, 4.69) is 10.3 Å². The van der Waals surface area contributed by atoms with Crippen LogP contribution in [0.1, 0.15) is 5.56 Å². The van der Waals surface area contributed by atoms with Crippen molar-refractivity contribution >= 4 is 35.1 Å². The minimum Gasteiger partial charge on any atom is -0.323 e. The van der Waals surface area contributed by atoms with Gasteiger partial charge in [0.15, 0.2) is 0 Å². The maximum absolute atomic E-state index is 11.3. The van der Waals surface area contributed by atoms with Crippen molar-refractivity contribution in [1.82, 2.24) is 9.88 Å². The minimum absolute atomic E-state index is 0.205. The van der Waals surface area contributed by atoms with E-state index in [9.17, 15) is 4.79 Å². The van der Waals surface area contributed by atoms with E-state index in [4.69, 9.17) is 23.2 Å². The van der Waals surface area contributed by atoms with Crippen molar-refractivity contribution < 1.29 is 4.79 Å². The Morgan fingerprint density at radius 3 is 3.00 bits per heavy atom. The first-order valence-electron chi connectivity index (χ1n) is 3.95. The van der Waals surface area contributed by atoms with E-state index in [1.165, 1.54) is 4.90 Å². The van der Waals surface area contributed by atoms with E-state index < -0.39 is 0 Å². The van der Waals surface area contributed by atoms with Gasteiger partial charge in [-0.3, -0.25) is 5.32 Å². The molecule has 1 aliphatic rings. The van der Waals surface area contributed by atoms with Gasteiger partial charge < -0.3 is 4.90 Å². The van der Waals surface area contributed by atoms with Gasteiger partial charge in [0.05, 0.1) is 11.6 Å². The fraction of sp³-hybridized carbons (Fsp3) is 0.250. The molecule has 2 rings (SSSR count). The zero-order chi connectivity index (χ0) is 10.3. The summed E-state index contributed by atoms with van der Waals surface area (Å²) in [7, 11) is 1.68. The molecule has 2 amide bonds. The summed E-state index contributed by atoms with van der Waals surface area (Å²) in [5, 5.41) is 3.40. The largest absolute Gasteiger partial charge is 0.323 e. The van der Waals surface area contributed by atoms with Crippen LogP contribution in [-0.4, -0.2) is 23.0 Å². The molecule has 0 unspecified atom stereocenters. The fourth-order valence-electron chi connectivity index (χ4n) is 1.27. The Bertz CT molecular complexity index is 408. The molecule has 0 saturated heterocycles. The topological polar surface area (TPSA) is 45.2 Å². The van der Waals surface area contributed by atoms with Crippen LogP contribution >= 0.6 is 23.2 Å². The molecule has 0 aromatic carbocycles. The Morgan fingerprint density at radius 2 is 2.29 bits per heavy atom. The third-order valence-electron chi connectivity index (χ3n) is 2.01. The number of pyridine rings is 1. The first-order valence-corrected chi connectivity index (χ1v) is 4.70. The van der Waals surface area contributed by atoms with Crippen molar-refractivity contribution in [1.29, 1.82) is 0 Å². The van der Waals surface area contributed by atoms with Crippen LogP contribution in [0.3, 0.4) is 0 Å². The molecule has 14 heavy (non-hydrogen) atoms. The van der Waals surface area contributed by atoms with Crippen molar-refractivity contribution in [2.24, 2.45) is 0 Å². The van der Waals surface area contributed by atoms with Crippen LogP contribution in [0.25, 0.3) is 0 Å². The van der Waals surface area contributed by atoms with Crippen LogP contribution < -0.4 is 5.32 Å². The third kappa shape index (κ3) is 1.51. The molecule has 4 nitrogen and oxygen atoms in total. The maximum Gasteiger partial charge on any atom is 0.323 e. The summed E-state index contributed by atoms with van der Waals surface area (Å²) in [6.07, 6.45) is 0. The van der Waals surface area contributed by atoms with Crippen LogP contribution in [0, 0.1) is 0 Å². The number of fused-ring (bicyclic) bond motifs is 1. The molecular weight excluding hydrogens is 225 g/mol. The van der Waals surface area contributed by atoms with Gasteiger partial charge in [-0.25, -0.2) is 9.78 Å². The number of hydrogen-bond donors (Lipinski definition) is 1. The van der Waals surface area contributed by atoms with Crippen LogP contribution in [-0.2, 0) is 6.54 Å². The van der Waals surface area contributed by atoms with E-state index in [1.54, 1.807) is 13.1 Å². The molecule has 0 bridgehead atoms. The number of halogens is 2. The summed E-state index contributed by atoms with van der Waals surface area (Å²) < 4.78 is 0. The average Bonchev–Trinajstić information content (AvgIpc) is 2.08. The molecule has 0 aliphatic carbocycles. The lowest BCUT2D eigenvalue weighted by Gasteiger charge is -2.25. The van der Waals surface area contributed by atoms with E-state index in [0.29, 0.717) is 17.4 Å². The second-order valence-electron chi connectivity index (χ2n) is 3.04. The molecule has 0 radical (unpaired) electrons. The monoisotopic (exact) mass is 231 g/mol. The van der Waals surface area contributed by atoms with Crippen LogP contribution in [0.15, 0.2) is 6.07 Å². The van der Waals surface area contributed by atoms with Gasteiger partial charge in [-0.05, 0) is 6.07 Å². The standard InChI is InChI=1S/C8H7Cl2N3O/c1-13-3-4-5(9)2-6(10)11-7(4)12-8(13)14/h2H,3H2,1H3,(H,11,12,14). The second kappa shape index (κ2) is 3.29. The van der Waals surface area contributed by atoms with E-state index in [-0.39, 0.29) is 11.2 Å². The van der Waals surface area contributed by atoms with Crippen molar-refractivity contribution in [3.8, 4) is 0 Å². The number of amides is 2. The predicted molar refractivity (Wildman–Crippen MR) is 54.7 cm³/mol. The van der Waals surface area contributed by atoms with Gasteiger partial charge in [-0.15, -0.1) is 0 Å². The Labute approximate surface area is 90.8 Å². The Hall–Kier alpha value is -1.00. The zero-order valence-corrected chi connectivity index (χ0v) is 8.85. The number of nitrogens with zero attached hydrogens (tertiary/aromatic N) is 2. The summed E-state index contributed by atoms with van der Waals surface area (Å²) in [4.78, 5) is 16.8. The number of nitrogens with one attached hydrogen (secondary N) is 1. The van der Waals surface area contributed by atoms with Gasteiger partial charge >= 0.3 is 6.03 Å². The van der Waals surface area contributed by atoms with Crippen molar-refractivity contribution in [3.63, 3.8) is 0 Å². The lowest BCUT2D eigenvalue weighted by molar-refractivity contribution is 0.218. The summed E-state index contributed by atoms with van der Waals surface area (Å²) in [6, 6.07) is 1.36. The second-order valence-corrected chi connectivity index (χ2v) is 3.83. The zero-order valence-electron chi connectivity index (χ0n) is 7.34. The molecule has 0 saturated carbocycles. The number of carbonyl (C=O) groups excluding carboxylic acids is 1. The highest BCUT2D eigenvalue weighted by Crippen LogP contribution is 2.29. The summed E-state index contributed by atoms with van der Waals surface area (Å²) in [5.41, 5.74) is 0.790. The molecular formula is C8H7Cl2N3O. The lowest BCUT2D eigenvalue weighted by Crippen LogP contribution is -2.36. The van der Waals surface area contributed by atoms with Crippen molar-refractivity contribution in [2.75, 3.05) is 12.4 Å². The predicted octanol–water partition coefficient (Wildman–Crippen LogP) is 2.37. The number of aromatic nitrogens is 1. The maximum atomic E-state index is 11.3. The normalized spacial score (nSPS) is 15.1. The first kappa shape index (κ1) is 9.55. The van der Waals surface area contributed by atoms with Gasteiger partial charge in [0.1, 0.15) is 11.0 Å². The van der Waals surface area contributed by atoms with Gasteiger partial charge in [-0.2, -0.15) is 0 Å². The molecule has 1 aliphatic heterocycles. The van der Waals surface area contributed by atoms with Crippen molar-refractivity contribution in [2.45, 2.75) is 6.54 Å². The SMILES string of the molecule is CN1Cc2c(Cl)cc(Cl)nc2NC1=O. The Morgan fingerprint density at radius 1 is 1.57 bits per heavy atom. The molecule has 0 atom stereocenters. The smallest absolute Gasteiger partial charge is 0.323 e. The molecule has 6 heteroatoms. The molecule has 1 aromatic heterocycles. The summed E-state index contributed by atoms with van der Waals surface area (Å²) in [5.74, 6) is 0.450.